The third kappa shape index (κ3) is 2.94. The molecule has 0 aliphatic heterocycles. The molecule has 0 radical (unpaired) electrons. The maximum atomic E-state index is 12.7. The molecular formula is C17H19NO3S. The quantitative estimate of drug-likeness (QED) is 0.863. The highest BCUT2D eigenvalue weighted by atomic mass is 32.2. The molecule has 0 fully saturated rings. The van der Waals surface area contributed by atoms with Crippen molar-refractivity contribution >= 4 is 20.8 Å². The van der Waals surface area contributed by atoms with E-state index in [9.17, 15) is 8.42 Å². The van der Waals surface area contributed by atoms with E-state index in [0.29, 0.717) is 17.6 Å². The lowest BCUT2D eigenvalue weighted by Crippen LogP contribution is -2.44. The summed E-state index contributed by atoms with van der Waals surface area (Å²) in [6, 6.07) is 10.4. The van der Waals surface area contributed by atoms with Gasteiger partial charge in [0.1, 0.15) is 5.75 Å². The molecule has 0 bridgehead atoms. The van der Waals surface area contributed by atoms with Crippen LogP contribution < -0.4 is 9.46 Å². The second-order valence-electron chi connectivity index (χ2n) is 5.25. The van der Waals surface area contributed by atoms with Crippen LogP contribution in [0.2, 0.25) is 0 Å². The first-order valence-corrected chi connectivity index (χ1v) is 8.42. The number of nitrogens with one attached hydrogen (secondary N) is 1. The Kier molecular flexibility index (Phi) is 4.45. The molecule has 22 heavy (non-hydrogen) atoms. The summed E-state index contributed by atoms with van der Waals surface area (Å²) >= 11 is 0. The Hall–Kier alpha value is -2.03. The minimum absolute atomic E-state index is 0.193. The van der Waals surface area contributed by atoms with Crippen molar-refractivity contribution in [1.82, 2.24) is 4.72 Å². The first-order chi connectivity index (χ1) is 10.4. The number of ether oxygens (including phenoxy) is 1. The van der Waals surface area contributed by atoms with Gasteiger partial charge in [0.25, 0.3) is 0 Å². The van der Waals surface area contributed by atoms with Gasteiger partial charge < -0.3 is 4.74 Å². The fourth-order valence-corrected chi connectivity index (χ4v) is 3.83. The molecule has 116 valence electrons. The van der Waals surface area contributed by atoms with Crippen molar-refractivity contribution in [1.29, 1.82) is 0 Å². The molecule has 1 atom stereocenters. The van der Waals surface area contributed by atoms with Crippen molar-refractivity contribution < 1.29 is 13.2 Å². The number of sulfonamides is 1. The Bertz CT molecular complexity index is 837. The third-order valence-electron chi connectivity index (χ3n) is 3.74. The number of hydrogen-bond acceptors (Lipinski definition) is 3. The smallest absolute Gasteiger partial charge is 0.242 e. The van der Waals surface area contributed by atoms with Crippen molar-refractivity contribution in [3.05, 3.63) is 36.4 Å². The molecule has 0 heterocycles. The molecule has 2 aromatic rings. The zero-order valence-electron chi connectivity index (χ0n) is 12.9. The van der Waals surface area contributed by atoms with E-state index in [1.165, 1.54) is 6.07 Å². The average Bonchev–Trinajstić information content (AvgIpc) is 2.53. The van der Waals surface area contributed by atoms with Crippen LogP contribution in [0.3, 0.4) is 0 Å². The summed E-state index contributed by atoms with van der Waals surface area (Å²) in [6.07, 6.45) is 5.96. The Morgan fingerprint density at radius 3 is 2.41 bits per heavy atom. The summed E-state index contributed by atoms with van der Waals surface area (Å²) in [5, 5.41) is 1.34. The summed E-state index contributed by atoms with van der Waals surface area (Å²) in [6.45, 7) is 3.53. The van der Waals surface area contributed by atoms with Crippen molar-refractivity contribution in [2.45, 2.75) is 30.7 Å². The lowest BCUT2D eigenvalue weighted by atomic mass is 10.0. The van der Waals surface area contributed by atoms with E-state index in [-0.39, 0.29) is 4.90 Å². The predicted octanol–water partition coefficient (Wildman–Crippen LogP) is 2.93. The molecule has 0 saturated heterocycles. The van der Waals surface area contributed by atoms with Crippen LogP contribution in [0.15, 0.2) is 41.3 Å². The lowest BCUT2D eigenvalue weighted by molar-refractivity contribution is 0.419. The molecule has 0 aromatic heterocycles. The van der Waals surface area contributed by atoms with Gasteiger partial charge in [-0.25, -0.2) is 8.42 Å². The van der Waals surface area contributed by atoms with Crippen LogP contribution in [0.25, 0.3) is 10.8 Å². The van der Waals surface area contributed by atoms with Gasteiger partial charge in [-0.2, -0.15) is 4.72 Å². The van der Waals surface area contributed by atoms with Crippen molar-refractivity contribution in [3.8, 4) is 18.1 Å². The summed E-state index contributed by atoms with van der Waals surface area (Å²) in [4.78, 5) is 0.193. The molecule has 0 aliphatic rings. The highest BCUT2D eigenvalue weighted by Crippen LogP contribution is 2.31. The fraction of sp³-hybridized carbons (Fsp3) is 0.294. The van der Waals surface area contributed by atoms with Gasteiger partial charge >= 0.3 is 0 Å². The largest absolute Gasteiger partial charge is 0.496 e. The monoisotopic (exact) mass is 317 g/mol. The highest BCUT2D eigenvalue weighted by Gasteiger charge is 2.28. The maximum Gasteiger partial charge on any atom is 0.242 e. The Labute approximate surface area is 131 Å². The van der Waals surface area contributed by atoms with Crippen LogP contribution in [0.1, 0.15) is 20.3 Å². The van der Waals surface area contributed by atoms with E-state index < -0.39 is 15.6 Å². The second kappa shape index (κ2) is 5.99. The van der Waals surface area contributed by atoms with Gasteiger partial charge in [0, 0.05) is 10.8 Å². The minimum Gasteiger partial charge on any atom is -0.496 e. The van der Waals surface area contributed by atoms with Crippen LogP contribution in [-0.2, 0) is 10.0 Å². The van der Waals surface area contributed by atoms with Gasteiger partial charge in [-0.15, -0.1) is 6.42 Å². The first-order valence-electron chi connectivity index (χ1n) is 6.94. The molecule has 0 spiro atoms. The first kappa shape index (κ1) is 16.3. The molecule has 0 amide bonds. The predicted molar refractivity (Wildman–Crippen MR) is 88.4 cm³/mol. The maximum absolute atomic E-state index is 12.7. The summed E-state index contributed by atoms with van der Waals surface area (Å²) in [7, 11) is -2.19. The minimum atomic E-state index is -3.74. The molecule has 0 saturated carbocycles. The normalized spacial score (nSPS) is 14.3. The van der Waals surface area contributed by atoms with Gasteiger partial charge in [-0.05, 0) is 25.5 Å². The third-order valence-corrected chi connectivity index (χ3v) is 5.39. The second-order valence-corrected chi connectivity index (χ2v) is 6.90. The van der Waals surface area contributed by atoms with Gasteiger partial charge in [-0.1, -0.05) is 37.1 Å². The van der Waals surface area contributed by atoms with Crippen LogP contribution >= 0.6 is 0 Å². The summed E-state index contributed by atoms with van der Waals surface area (Å²) in [5.41, 5.74) is -0.917. The molecule has 2 rings (SSSR count). The van der Waals surface area contributed by atoms with Gasteiger partial charge in [0.05, 0.1) is 17.5 Å². The summed E-state index contributed by atoms with van der Waals surface area (Å²) < 4.78 is 33.4. The van der Waals surface area contributed by atoms with Gasteiger partial charge in [-0.3, -0.25) is 0 Å². The zero-order valence-corrected chi connectivity index (χ0v) is 13.7. The SMILES string of the molecule is C#CC(C)(CC)NS(=O)(=O)c1ccc(OC)c2ccccc12. The molecule has 4 nitrogen and oxygen atoms in total. The van der Waals surface area contributed by atoms with Crippen LogP contribution in [0, 0.1) is 12.3 Å². The number of hydrogen-bond donors (Lipinski definition) is 1. The fourth-order valence-electron chi connectivity index (χ4n) is 2.21. The standard InChI is InChI=1S/C17H19NO3S/c1-5-17(3,6-2)18-22(19,20)16-12-11-15(21-4)13-9-7-8-10-14(13)16/h1,7-12,18H,6H2,2-4H3. The number of methoxy groups -OCH3 is 1. The van der Waals surface area contributed by atoms with E-state index in [0.717, 1.165) is 5.39 Å². The summed E-state index contributed by atoms with van der Waals surface area (Å²) in [5.74, 6) is 3.14. The molecule has 2 aromatic carbocycles. The van der Waals surface area contributed by atoms with Gasteiger partial charge in [0.15, 0.2) is 0 Å². The molecule has 1 unspecified atom stereocenters. The van der Waals surface area contributed by atoms with E-state index in [4.69, 9.17) is 11.2 Å². The van der Waals surface area contributed by atoms with Crippen LogP contribution in [-0.4, -0.2) is 21.1 Å². The number of terminal acetylenes is 1. The van der Waals surface area contributed by atoms with E-state index >= 15 is 0 Å². The molecule has 0 aliphatic carbocycles. The molecule has 1 N–H and O–H groups in total. The average molecular weight is 317 g/mol. The lowest BCUT2D eigenvalue weighted by Gasteiger charge is -2.23. The number of benzene rings is 2. The van der Waals surface area contributed by atoms with Crippen molar-refractivity contribution in [3.63, 3.8) is 0 Å². The zero-order chi connectivity index (χ0) is 16.4. The number of rotatable bonds is 5. The van der Waals surface area contributed by atoms with Crippen molar-refractivity contribution in [2.24, 2.45) is 0 Å². The number of fused-ring (bicyclic) bond motifs is 1. The highest BCUT2D eigenvalue weighted by molar-refractivity contribution is 7.89. The van der Waals surface area contributed by atoms with Gasteiger partial charge in [0.2, 0.25) is 10.0 Å². The van der Waals surface area contributed by atoms with Crippen LogP contribution in [0.4, 0.5) is 0 Å². The molecular weight excluding hydrogens is 298 g/mol. The van der Waals surface area contributed by atoms with Crippen LogP contribution in [0.5, 0.6) is 5.75 Å². The Morgan fingerprint density at radius 1 is 1.23 bits per heavy atom. The topological polar surface area (TPSA) is 55.4 Å². The van der Waals surface area contributed by atoms with E-state index in [2.05, 4.69) is 10.6 Å². The van der Waals surface area contributed by atoms with E-state index in [1.807, 2.05) is 19.1 Å². The van der Waals surface area contributed by atoms with Crippen molar-refractivity contribution in [2.75, 3.05) is 7.11 Å². The molecule has 5 heteroatoms. The Morgan fingerprint density at radius 2 is 1.86 bits per heavy atom. The van der Waals surface area contributed by atoms with E-state index in [1.54, 1.807) is 32.2 Å². The Balaban J connectivity index is 2.63.